The van der Waals surface area contributed by atoms with Crippen LogP contribution in [0.2, 0.25) is 0 Å². The Labute approximate surface area is 139 Å². The minimum Gasteiger partial charge on any atom is -0.353 e. The van der Waals surface area contributed by atoms with Gasteiger partial charge in [0.1, 0.15) is 0 Å². The van der Waals surface area contributed by atoms with Gasteiger partial charge in [0, 0.05) is 23.6 Å². The third kappa shape index (κ3) is 3.21. The fraction of sp³-hybridized carbons (Fsp3) is 0.533. The lowest BCUT2D eigenvalue weighted by Crippen LogP contribution is -2.43. The second-order valence-electron chi connectivity index (χ2n) is 5.94. The quantitative estimate of drug-likeness (QED) is 0.861. The summed E-state index contributed by atoms with van der Waals surface area (Å²) in [6.45, 7) is 0.672. The molecule has 120 valence electrons. The van der Waals surface area contributed by atoms with Crippen molar-refractivity contribution < 1.29 is 13.2 Å². The van der Waals surface area contributed by atoms with Gasteiger partial charge in [0.2, 0.25) is 15.9 Å². The van der Waals surface area contributed by atoms with Crippen LogP contribution in [0.4, 0.5) is 0 Å². The van der Waals surface area contributed by atoms with Crippen molar-refractivity contribution in [3.05, 3.63) is 28.7 Å². The molecule has 1 unspecified atom stereocenters. The number of amides is 1. The molecule has 3 rings (SSSR count). The zero-order chi connectivity index (χ0) is 15.7. The van der Waals surface area contributed by atoms with Gasteiger partial charge in [-0.3, -0.25) is 4.79 Å². The van der Waals surface area contributed by atoms with Gasteiger partial charge in [0.25, 0.3) is 0 Å². The molecule has 1 heterocycles. The zero-order valence-corrected chi connectivity index (χ0v) is 14.6. The molecule has 0 radical (unpaired) electrons. The predicted molar refractivity (Wildman–Crippen MR) is 86.8 cm³/mol. The van der Waals surface area contributed by atoms with Gasteiger partial charge in [-0.1, -0.05) is 22.0 Å². The number of benzene rings is 1. The zero-order valence-electron chi connectivity index (χ0n) is 12.2. The summed E-state index contributed by atoms with van der Waals surface area (Å²) >= 11 is 3.29. The van der Waals surface area contributed by atoms with Crippen molar-refractivity contribution in [3.8, 4) is 0 Å². The first kappa shape index (κ1) is 16.0. The summed E-state index contributed by atoms with van der Waals surface area (Å²) in [6.07, 6.45) is 3.84. The first-order chi connectivity index (χ1) is 10.5. The molecule has 22 heavy (non-hydrogen) atoms. The summed E-state index contributed by atoms with van der Waals surface area (Å²) in [7, 11) is -3.52. The first-order valence-electron chi connectivity index (χ1n) is 7.53. The number of rotatable bonds is 4. The third-order valence-electron chi connectivity index (χ3n) is 4.41. The SMILES string of the molecule is O=C(NC1CCC1)C1CCN(S(=O)(=O)c2cccc(Br)c2)C1. The Bertz CT molecular complexity index is 673. The van der Waals surface area contributed by atoms with Crippen LogP contribution >= 0.6 is 15.9 Å². The molecule has 0 aromatic heterocycles. The molecule has 1 aromatic carbocycles. The average Bonchev–Trinajstić information content (AvgIpc) is 2.93. The van der Waals surface area contributed by atoms with Gasteiger partial charge >= 0.3 is 0 Å². The highest BCUT2D eigenvalue weighted by Gasteiger charge is 2.36. The average molecular weight is 387 g/mol. The first-order valence-corrected chi connectivity index (χ1v) is 9.76. The summed E-state index contributed by atoms with van der Waals surface area (Å²) in [5.41, 5.74) is 0. The van der Waals surface area contributed by atoms with E-state index in [2.05, 4.69) is 21.2 Å². The molecular weight excluding hydrogens is 368 g/mol. The van der Waals surface area contributed by atoms with Crippen LogP contribution < -0.4 is 5.32 Å². The van der Waals surface area contributed by atoms with Crippen LogP contribution in [0.1, 0.15) is 25.7 Å². The molecule has 1 aromatic rings. The summed E-state index contributed by atoms with van der Waals surface area (Å²) in [5.74, 6) is -0.237. The number of nitrogens with one attached hydrogen (secondary N) is 1. The molecular formula is C15H19BrN2O3S. The Balaban J connectivity index is 1.67. The fourth-order valence-electron chi connectivity index (χ4n) is 2.81. The van der Waals surface area contributed by atoms with Gasteiger partial charge in [0.15, 0.2) is 0 Å². The predicted octanol–water partition coefficient (Wildman–Crippen LogP) is 2.13. The van der Waals surface area contributed by atoms with E-state index < -0.39 is 10.0 Å². The highest BCUT2D eigenvalue weighted by atomic mass is 79.9. The molecule has 0 spiro atoms. The number of sulfonamides is 1. The van der Waals surface area contributed by atoms with Crippen LogP contribution in [0.5, 0.6) is 0 Å². The lowest BCUT2D eigenvalue weighted by molar-refractivity contribution is -0.125. The van der Waals surface area contributed by atoms with Crippen LogP contribution in [-0.2, 0) is 14.8 Å². The van der Waals surface area contributed by atoms with Crippen LogP contribution in [0.25, 0.3) is 0 Å². The maximum atomic E-state index is 12.6. The van der Waals surface area contributed by atoms with Gasteiger partial charge in [0.05, 0.1) is 10.8 Å². The lowest BCUT2D eigenvalue weighted by atomic mass is 9.92. The van der Waals surface area contributed by atoms with Crippen molar-refractivity contribution in [2.45, 2.75) is 36.6 Å². The fourth-order valence-corrected chi connectivity index (χ4v) is 4.91. The number of hydrogen-bond acceptors (Lipinski definition) is 3. The number of carbonyl (C=O) groups is 1. The largest absolute Gasteiger partial charge is 0.353 e. The molecule has 2 aliphatic rings. The maximum Gasteiger partial charge on any atom is 0.243 e. The normalized spacial score (nSPS) is 23.2. The Hall–Kier alpha value is -0.920. The molecule has 0 bridgehead atoms. The lowest BCUT2D eigenvalue weighted by Gasteiger charge is -2.27. The summed E-state index contributed by atoms with van der Waals surface area (Å²) in [4.78, 5) is 12.4. The second kappa shape index (κ2) is 6.29. The molecule has 1 aliphatic heterocycles. The van der Waals surface area contributed by atoms with Gasteiger partial charge in [-0.2, -0.15) is 4.31 Å². The van der Waals surface area contributed by atoms with E-state index in [1.54, 1.807) is 24.3 Å². The maximum absolute atomic E-state index is 12.6. The minimum absolute atomic E-state index is 0.00311. The van der Waals surface area contributed by atoms with Gasteiger partial charge < -0.3 is 5.32 Å². The Kier molecular flexibility index (Phi) is 4.56. The molecule has 2 fully saturated rings. The molecule has 1 N–H and O–H groups in total. The van der Waals surface area contributed by atoms with Crippen LogP contribution in [0, 0.1) is 5.92 Å². The molecule has 7 heteroatoms. The van der Waals surface area contributed by atoms with Gasteiger partial charge in [-0.25, -0.2) is 8.42 Å². The van der Waals surface area contributed by atoms with Crippen molar-refractivity contribution >= 4 is 31.9 Å². The Morgan fingerprint density at radius 2 is 2.05 bits per heavy atom. The molecule has 5 nitrogen and oxygen atoms in total. The van der Waals surface area contributed by atoms with E-state index >= 15 is 0 Å². The van der Waals surface area contributed by atoms with Crippen LogP contribution in [0.15, 0.2) is 33.6 Å². The second-order valence-corrected chi connectivity index (χ2v) is 8.80. The number of carbonyl (C=O) groups excluding carboxylic acids is 1. The van der Waals surface area contributed by atoms with E-state index in [-0.39, 0.29) is 23.3 Å². The van der Waals surface area contributed by atoms with Crippen molar-refractivity contribution in [1.82, 2.24) is 9.62 Å². The minimum atomic E-state index is -3.52. The molecule has 1 saturated carbocycles. The third-order valence-corrected chi connectivity index (χ3v) is 6.76. The van der Waals surface area contributed by atoms with Crippen molar-refractivity contribution in [3.63, 3.8) is 0 Å². The molecule has 1 saturated heterocycles. The van der Waals surface area contributed by atoms with Crippen molar-refractivity contribution in [1.29, 1.82) is 0 Å². The number of hydrogen-bond donors (Lipinski definition) is 1. The van der Waals surface area contributed by atoms with Crippen molar-refractivity contribution in [2.24, 2.45) is 5.92 Å². The smallest absolute Gasteiger partial charge is 0.243 e. The van der Waals surface area contributed by atoms with Gasteiger partial charge in [-0.05, 0) is 43.9 Å². The molecule has 1 amide bonds. The molecule has 1 aliphatic carbocycles. The van der Waals surface area contributed by atoms with E-state index in [1.165, 1.54) is 10.7 Å². The highest BCUT2D eigenvalue weighted by Crippen LogP contribution is 2.27. The standard InChI is InChI=1S/C15H19BrN2O3S/c16-12-3-1-6-14(9-12)22(20,21)18-8-7-11(10-18)15(19)17-13-4-2-5-13/h1,3,6,9,11,13H,2,4-5,7-8,10H2,(H,17,19). The topological polar surface area (TPSA) is 66.5 Å². The molecule has 1 atom stereocenters. The van der Waals surface area contributed by atoms with Crippen LogP contribution in [0.3, 0.4) is 0 Å². The summed E-state index contributed by atoms with van der Waals surface area (Å²) < 4.78 is 27.4. The summed E-state index contributed by atoms with van der Waals surface area (Å²) in [6, 6.07) is 6.97. The van der Waals surface area contributed by atoms with E-state index in [4.69, 9.17) is 0 Å². The Morgan fingerprint density at radius 1 is 1.27 bits per heavy atom. The monoisotopic (exact) mass is 386 g/mol. The van der Waals surface area contributed by atoms with Crippen LogP contribution in [-0.4, -0.2) is 37.8 Å². The van der Waals surface area contributed by atoms with Crippen molar-refractivity contribution in [2.75, 3.05) is 13.1 Å². The van der Waals surface area contributed by atoms with E-state index in [1.807, 2.05) is 0 Å². The van der Waals surface area contributed by atoms with Gasteiger partial charge in [-0.15, -0.1) is 0 Å². The number of nitrogens with zero attached hydrogens (tertiary/aromatic N) is 1. The van der Waals surface area contributed by atoms with E-state index in [0.717, 1.165) is 17.3 Å². The van der Waals surface area contributed by atoms with E-state index in [0.29, 0.717) is 19.0 Å². The summed E-state index contributed by atoms with van der Waals surface area (Å²) in [5, 5.41) is 3.01. The number of halogens is 1. The van der Waals surface area contributed by atoms with E-state index in [9.17, 15) is 13.2 Å². The Morgan fingerprint density at radius 3 is 2.68 bits per heavy atom. The highest BCUT2D eigenvalue weighted by molar-refractivity contribution is 9.10.